The third-order valence-electron chi connectivity index (χ3n) is 3.19. The van der Waals surface area contributed by atoms with E-state index in [1.165, 1.54) is 6.42 Å². The van der Waals surface area contributed by atoms with Gasteiger partial charge in [0, 0.05) is 18.0 Å². The van der Waals surface area contributed by atoms with Gasteiger partial charge in [-0.1, -0.05) is 25.4 Å². The molecule has 0 fully saturated rings. The summed E-state index contributed by atoms with van der Waals surface area (Å²) in [5.74, 6) is 0.418. The molecule has 1 heterocycles. The molecule has 0 spiro atoms. The van der Waals surface area contributed by atoms with Gasteiger partial charge in [0.05, 0.1) is 16.9 Å². The Labute approximate surface area is 116 Å². The van der Waals surface area contributed by atoms with Crippen molar-refractivity contribution in [3.05, 3.63) is 16.9 Å². The van der Waals surface area contributed by atoms with Crippen LogP contribution in [0, 0.1) is 0 Å². The molecule has 4 heteroatoms. The highest BCUT2D eigenvalue weighted by atomic mass is 35.5. The second-order valence-electron chi connectivity index (χ2n) is 5.41. The Balaban J connectivity index is 2.71. The van der Waals surface area contributed by atoms with Gasteiger partial charge in [-0.2, -0.15) is 5.10 Å². The van der Waals surface area contributed by atoms with E-state index in [0.717, 1.165) is 23.7 Å². The molecule has 104 valence electrons. The van der Waals surface area contributed by atoms with Crippen LogP contribution in [0.15, 0.2) is 6.20 Å². The van der Waals surface area contributed by atoms with Crippen LogP contribution in [0.25, 0.3) is 0 Å². The fraction of sp³-hybridized carbons (Fsp3) is 0.786. The van der Waals surface area contributed by atoms with Crippen molar-refractivity contribution < 1.29 is 0 Å². The van der Waals surface area contributed by atoms with Gasteiger partial charge >= 0.3 is 0 Å². The van der Waals surface area contributed by atoms with Gasteiger partial charge in [0.25, 0.3) is 0 Å². The van der Waals surface area contributed by atoms with Gasteiger partial charge in [-0.25, -0.2) is 0 Å². The molecule has 0 aliphatic carbocycles. The quantitative estimate of drug-likeness (QED) is 0.812. The van der Waals surface area contributed by atoms with Crippen LogP contribution in [0.5, 0.6) is 0 Å². The second-order valence-corrected chi connectivity index (χ2v) is 5.82. The van der Waals surface area contributed by atoms with Gasteiger partial charge in [-0.15, -0.1) is 0 Å². The lowest BCUT2D eigenvalue weighted by Crippen LogP contribution is -2.28. The predicted molar refractivity (Wildman–Crippen MR) is 78.4 cm³/mol. The molecule has 0 saturated carbocycles. The monoisotopic (exact) mass is 271 g/mol. The third kappa shape index (κ3) is 3.99. The predicted octanol–water partition coefficient (Wildman–Crippen LogP) is 4.00. The van der Waals surface area contributed by atoms with Crippen molar-refractivity contribution in [3.63, 3.8) is 0 Å². The molecule has 0 radical (unpaired) electrons. The molecule has 2 atom stereocenters. The standard InChI is InChI=1S/C14H26ClN3/c1-6-7-16-12(5)8-11(4)14-13(15)9-17-18(14)10(2)3/h9-12,16H,6-8H2,1-5H3. The highest BCUT2D eigenvalue weighted by Gasteiger charge is 2.19. The molecule has 1 aromatic rings. The van der Waals surface area contributed by atoms with E-state index in [1.807, 2.05) is 4.68 Å². The summed E-state index contributed by atoms with van der Waals surface area (Å²) in [6.45, 7) is 12.0. The fourth-order valence-electron chi connectivity index (χ4n) is 2.34. The summed E-state index contributed by atoms with van der Waals surface area (Å²) in [6, 6.07) is 0.861. The van der Waals surface area contributed by atoms with Crippen LogP contribution in [0.3, 0.4) is 0 Å². The first-order chi connectivity index (χ1) is 8.47. The van der Waals surface area contributed by atoms with Gasteiger partial charge in [0.15, 0.2) is 0 Å². The summed E-state index contributed by atoms with van der Waals surface area (Å²) in [5, 5.41) is 8.68. The zero-order valence-corrected chi connectivity index (χ0v) is 13.0. The summed E-state index contributed by atoms with van der Waals surface area (Å²) in [5.41, 5.74) is 1.16. The molecule has 2 unspecified atom stereocenters. The van der Waals surface area contributed by atoms with Gasteiger partial charge in [-0.05, 0) is 40.2 Å². The van der Waals surface area contributed by atoms with Gasteiger partial charge < -0.3 is 5.32 Å². The van der Waals surface area contributed by atoms with E-state index < -0.39 is 0 Å². The van der Waals surface area contributed by atoms with Crippen LogP contribution >= 0.6 is 11.6 Å². The smallest absolute Gasteiger partial charge is 0.0820 e. The molecule has 3 nitrogen and oxygen atoms in total. The summed E-state index contributed by atoms with van der Waals surface area (Å²) >= 11 is 6.27. The van der Waals surface area contributed by atoms with Crippen molar-refractivity contribution >= 4 is 11.6 Å². The maximum atomic E-state index is 6.27. The number of hydrogen-bond donors (Lipinski definition) is 1. The summed E-state index contributed by atoms with van der Waals surface area (Å²) in [6.07, 6.45) is 4.01. The van der Waals surface area contributed by atoms with Crippen molar-refractivity contribution in [2.75, 3.05) is 6.54 Å². The van der Waals surface area contributed by atoms with Crippen molar-refractivity contribution in [1.29, 1.82) is 0 Å². The summed E-state index contributed by atoms with van der Waals surface area (Å²) in [4.78, 5) is 0. The van der Waals surface area contributed by atoms with E-state index in [0.29, 0.717) is 18.0 Å². The van der Waals surface area contributed by atoms with Crippen LogP contribution < -0.4 is 5.32 Å². The van der Waals surface area contributed by atoms with Crippen LogP contribution in [0.1, 0.15) is 65.1 Å². The van der Waals surface area contributed by atoms with E-state index in [-0.39, 0.29) is 0 Å². The molecule has 0 aliphatic rings. The molecule has 1 N–H and O–H groups in total. The van der Waals surface area contributed by atoms with Gasteiger partial charge in [-0.3, -0.25) is 4.68 Å². The number of rotatable bonds is 7. The Kier molecular flexibility index (Phi) is 6.16. The molecule has 18 heavy (non-hydrogen) atoms. The first-order valence-electron chi connectivity index (χ1n) is 6.93. The van der Waals surface area contributed by atoms with E-state index in [4.69, 9.17) is 11.6 Å². The van der Waals surface area contributed by atoms with E-state index in [2.05, 4.69) is 45.0 Å². The topological polar surface area (TPSA) is 29.9 Å². The Morgan fingerprint density at radius 3 is 2.56 bits per heavy atom. The number of nitrogens with one attached hydrogen (secondary N) is 1. The van der Waals surface area contributed by atoms with Crippen molar-refractivity contribution in [2.24, 2.45) is 0 Å². The second kappa shape index (κ2) is 7.15. The Morgan fingerprint density at radius 2 is 2.00 bits per heavy atom. The minimum atomic E-state index is 0.355. The maximum absolute atomic E-state index is 6.27. The Morgan fingerprint density at radius 1 is 1.33 bits per heavy atom. The lowest BCUT2D eigenvalue weighted by atomic mass is 9.98. The molecule has 0 aromatic carbocycles. The number of hydrogen-bond acceptors (Lipinski definition) is 2. The minimum Gasteiger partial charge on any atom is -0.314 e. The van der Waals surface area contributed by atoms with Crippen LogP contribution in [-0.4, -0.2) is 22.4 Å². The highest BCUT2D eigenvalue weighted by molar-refractivity contribution is 6.31. The number of halogens is 1. The summed E-state index contributed by atoms with van der Waals surface area (Å²) < 4.78 is 2.04. The molecule has 1 rings (SSSR count). The average molecular weight is 272 g/mol. The minimum absolute atomic E-state index is 0.355. The van der Waals surface area contributed by atoms with Crippen LogP contribution in [0.2, 0.25) is 5.02 Å². The van der Waals surface area contributed by atoms with E-state index in [1.54, 1.807) is 6.20 Å². The SMILES string of the molecule is CCCNC(C)CC(C)c1c(Cl)cnn1C(C)C. The fourth-order valence-corrected chi connectivity index (χ4v) is 2.66. The summed E-state index contributed by atoms with van der Waals surface area (Å²) in [7, 11) is 0. The maximum Gasteiger partial charge on any atom is 0.0820 e. The molecular weight excluding hydrogens is 246 g/mol. The molecule has 0 bridgehead atoms. The van der Waals surface area contributed by atoms with Gasteiger partial charge in [0.1, 0.15) is 0 Å². The Bertz CT molecular complexity index is 360. The van der Waals surface area contributed by atoms with E-state index in [9.17, 15) is 0 Å². The molecule has 0 saturated heterocycles. The molecule has 0 aliphatic heterocycles. The highest BCUT2D eigenvalue weighted by Crippen LogP contribution is 2.29. The largest absolute Gasteiger partial charge is 0.314 e. The van der Waals surface area contributed by atoms with Crippen molar-refractivity contribution in [2.45, 2.75) is 65.5 Å². The first kappa shape index (κ1) is 15.5. The van der Waals surface area contributed by atoms with Crippen molar-refractivity contribution in [1.82, 2.24) is 15.1 Å². The Hall–Kier alpha value is -0.540. The number of aromatic nitrogens is 2. The van der Waals surface area contributed by atoms with Gasteiger partial charge in [0.2, 0.25) is 0 Å². The molecule has 0 amide bonds. The lowest BCUT2D eigenvalue weighted by Gasteiger charge is -2.21. The normalized spacial score (nSPS) is 15.1. The number of nitrogens with zero attached hydrogens (tertiary/aromatic N) is 2. The van der Waals surface area contributed by atoms with Crippen molar-refractivity contribution in [3.8, 4) is 0 Å². The van der Waals surface area contributed by atoms with Crippen LogP contribution in [-0.2, 0) is 0 Å². The first-order valence-corrected chi connectivity index (χ1v) is 7.31. The average Bonchev–Trinajstić information content (AvgIpc) is 2.68. The molecular formula is C14H26ClN3. The zero-order valence-electron chi connectivity index (χ0n) is 12.2. The lowest BCUT2D eigenvalue weighted by molar-refractivity contribution is 0.439. The third-order valence-corrected chi connectivity index (χ3v) is 3.48. The zero-order chi connectivity index (χ0) is 13.7. The van der Waals surface area contributed by atoms with E-state index >= 15 is 0 Å². The van der Waals surface area contributed by atoms with Crippen LogP contribution in [0.4, 0.5) is 0 Å². The molecule has 1 aromatic heterocycles.